The average molecular weight is 303 g/mol. The molecule has 100 valence electrons. The number of hydrogen-bond donors (Lipinski definition) is 0. The highest BCUT2D eigenvalue weighted by Gasteiger charge is 2.19. The molecule has 0 nitrogen and oxygen atoms in total. The first-order chi connectivity index (χ1) is 8.97. The van der Waals surface area contributed by atoms with Gasteiger partial charge in [-0.15, -0.1) is 11.8 Å². The van der Waals surface area contributed by atoms with Gasteiger partial charge in [-0.3, -0.25) is 0 Å². The Morgan fingerprint density at radius 3 is 2.37 bits per heavy atom. The van der Waals surface area contributed by atoms with E-state index in [0.717, 1.165) is 6.07 Å². The summed E-state index contributed by atoms with van der Waals surface area (Å²) in [6.45, 7) is 1.41. The summed E-state index contributed by atoms with van der Waals surface area (Å²) in [4.78, 5) is 0.706. The van der Waals surface area contributed by atoms with E-state index in [0.29, 0.717) is 21.0 Å². The lowest BCUT2D eigenvalue weighted by Gasteiger charge is -2.13. The zero-order chi connectivity index (χ0) is 14.2. The van der Waals surface area contributed by atoms with Gasteiger partial charge in [0.1, 0.15) is 0 Å². The van der Waals surface area contributed by atoms with Crippen molar-refractivity contribution in [3.05, 3.63) is 52.3 Å². The lowest BCUT2D eigenvalue weighted by atomic mass is 9.99. The van der Waals surface area contributed by atoms with Crippen molar-refractivity contribution < 1.29 is 13.2 Å². The Kier molecular flexibility index (Phi) is 4.11. The Bertz CT molecular complexity index is 641. The van der Waals surface area contributed by atoms with E-state index in [-0.39, 0.29) is 5.56 Å². The van der Waals surface area contributed by atoms with E-state index in [2.05, 4.69) is 0 Å². The van der Waals surface area contributed by atoms with Gasteiger partial charge in [0.05, 0.1) is 5.02 Å². The van der Waals surface area contributed by atoms with E-state index in [1.165, 1.54) is 18.7 Å². The Morgan fingerprint density at radius 1 is 1.05 bits per heavy atom. The van der Waals surface area contributed by atoms with E-state index in [4.69, 9.17) is 11.6 Å². The molecule has 0 aliphatic carbocycles. The van der Waals surface area contributed by atoms with Crippen LogP contribution in [0.4, 0.5) is 13.2 Å². The van der Waals surface area contributed by atoms with Gasteiger partial charge in [-0.1, -0.05) is 23.7 Å². The standard InChI is InChI=1S/C14H10ClF3S/c1-7-9(6-11(16)13(18)12(7)17)8-4-3-5-10(15)14(8)19-2/h3-6H,1-2H3. The summed E-state index contributed by atoms with van der Waals surface area (Å²) >= 11 is 7.43. The van der Waals surface area contributed by atoms with Gasteiger partial charge < -0.3 is 0 Å². The fraction of sp³-hybridized carbons (Fsp3) is 0.143. The SMILES string of the molecule is CSc1c(Cl)cccc1-c1cc(F)c(F)c(F)c1C. The highest BCUT2D eigenvalue weighted by Crippen LogP contribution is 2.38. The van der Waals surface area contributed by atoms with Gasteiger partial charge in [0.15, 0.2) is 17.5 Å². The van der Waals surface area contributed by atoms with Crippen LogP contribution < -0.4 is 0 Å². The molecule has 0 N–H and O–H groups in total. The molecule has 2 rings (SSSR count). The number of benzene rings is 2. The van der Waals surface area contributed by atoms with E-state index < -0.39 is 17.5 Å². The van der Waals surface area contributed by atoms with Gasteiger partial charge in [0, 0.05) is 4.90 Å². The molecule has 0 heterocycles. The molecule has 0 amide bonds. The van der Waals surface area contributed by atoms with Gasteiger partial charge in [-0.2, -0.15) is 0 Å². The summed E-state index contributed by atoms with van der Waals surface area (Å²) in [6, 6.07) is 6.09. The fourth-order valence-electron chi connectivity index (χ4n) is 1.89. The Hall–Kier alpha value is -1.13. The van der Waals surface area contributed by atoms with E-state index in [1.54, 1.807) is 18.2 Å². The topological polar surface area (TPSA) is 0 Å². The normalized spacial score (nSPS) is 10.8. The van der Waals surface area contributed by atoms with Crippen molar-refractivity contribution >= 4 is 23.4 Å². The molecule has 0 aliphatic rings. The van der Waals surface area contributed by atoms with E-state index >= 15 is 0 Å². The maximum atomic E-state index is 13.6. The predicted molar refractivity (Wildman–Crippen MR) is 73.3 cm³/mol. The molecule has 19 heavy (non-hydrogen) atoms. The summed E-state index contributed by atoms with van der Waals surface area (Å²) in [6.07, 6.45) is 1.82. The summed E-state index contributed by atoms with van der Waals surface area (Å²) in [7, 11) is 0. The molecular weight excluding hydrogens is 293 g/mol. The second-order valence-electron chi connectivity index (χ2n) is 3.98. The molecule has 0 spiro atoms. The highest BCUT2D eigenvalue weighted by atomic mass is 35.5. The molecular formula is C14H10ClF3S. The number of hydrogen-bond acceptors (Lipinski definition) is 1. The molecule has 0 saturated heterocycles. The van der Waals surface area contributed by atoms with Crippen molar-refractivity contribution in [3.63, 3.8) is 0 Å². The lowest BCUT2D eigenvalue weighted by molar-refractivity contribution is 0.444. The van der Waals surface area contributed by atoms with Crippen LogP contribution >= 0.6 is 23.4 Å². The molecule has 2 aromatic carbocycles. The van der Waals surface area contributed by atoms with Crippen LogP contribution in [0.1, 0.15) is 5.56 Å². The van der Waals surface area contributed by atoms with Gasteiger partial charge >= 0.3 is 0 Å². The van der Waals surface area contributed by atoms with E-state index in [9.17, 15) is 13.2 Å². The van der Waals surface area contributed by atoms with Gasteiger partial charge in [0.2, 0.25) is 0 Å². The molecule has 5 heteroatoms. The number of rotatable bonds is 2. The molecule has 0 aliphatic heterocycles. The third-order valence-electron chi connectivity index (χ3n) is 2.87. The van der Waals surface area contributed by atoms with Crippen LogP contribution in [0.3, 0.4) is 0 Å². The zero-order valence-corrected chi connectivity index (χ0v) is 11.8. The maximum absolute atomic E-state index is 13.6. The van der Waals surface area contributed by atoms with Gasteiger partial charge in [-0.25, -0.2) is 13.2 Å². The molecule has 0 bridgehead atoms. The van der Waals surface area contributed by atoms with Gasteiger partial charge in [-0.05, 0) is 42.0 Å². The van der Waals surface area contributed by atoms with Gasteiger partial charge in [0.25, 0.3) is 0 Å². The monoisotopic (exact) mass is 302 g/mol. The molecule has 0 atom stereocenters. The average Bonchev–Trinajstić information content (AvgIpc) is 2.40. The van der Waals surface area contributed by atoms with E-state index in [1.807, 2.05) is 6.26 Å². The molecule has 0 aromatic heterocycles. The molecule has 0 fully saturated rings. The first-order valence-electron chi connectivity index (χ1n) is 5.44. The molecule has 0 unspecified atom stereocenters. The van der Waals surface area contributed by atoms with Crippen LogP contribution in [-0.2, 0) is 0 Å². The van der Waals surface area contributed by atoms with Crippen LogP contribution in [0.2, 0.25) is 5.02 Å². The first kappa shape index (κ1) is 14.3. The summed E-state index contributed by atoms with van der Waals surface area (Å²) in [5.74, 6) is -3.82. The van der Waals surface area contributed by atoms with Crippen molar-refractivity contribution in [2.24, 2.45) is 0 Å². The second-order valence-corrected chi connectivity index (χ2v) is 5.20. The van der Waals surface area contributed by atoms with Crippen LogP contribution in [0.5, 0.6) is 0 Å². The Balaban J connectivity index is 2.76. The minimum Gasteiger partial charge on any atom is -0.204 e. The third kappa shape index (κ3) is 2.47. The lowest BCUT2D eigenvalue weighted by Crippen LogP contribution is -1.98. The Labute approximate surface area is 118 Å². The zero-order valence-electron chi connectivity index (χ0n) is 10.2. The largest absolute Gasteiger partial charge is 0.204 e. The van der Waals surface area contributed by atoms with Crippen LogP contribution in [0, 0.1) is 24.4 Å². The first-order valence-corrected chi connectivity index (χ1v) is 7.04. The maximum Gasteiger partial charge on any atom is 0.194 e. The van der Waals surface area contributed by atoms with Crippen molar-refractivity contribution in [1.82, 2.24) is 0 Å². The third-order valence-corrected chi connectivity index (χ3v) is 4.14. The number of thioether (sulfide) groups is 1. The minimum absolute atomic E-state index is 0.0662. The highest BCUT2D eigenvalue weighted by molar-refractivity contribution is 7.98. The molecule has 2 aromatic rings. The molecule has 0 radical (unpaired) electrons. The van der Waals surface area contributed by atoms with Crippen molar-refractivity contribution in [1.29, 1.82) is 0 Å². The minimum atomic E-state index is -1.45. The van der Waals surface area contributed by atoms with Crippen molar-refractivity contribution in [3.8, 4) is 11.1 Å². The van der Waals surface area contributed by atoms with Crippen molar-refractivity contribution in [2.75, 3.05) is 6.26 Å². The second kappa shape index (κ2) is 5.47. The fourth-order valence-corrected chi connectivity index (χ4v) is 2.96. The summed E-state index contributed by atoms with van der Waals surface area (Å²) < 4.78 is 40.2. The van der Waals surface area contributed by atoms with Crippen LogP contribution in [0.15, 0.2) is 29.2 Å². The summed E-state index contributed by atoms with van der Waals surface area (Å²) in [5, 5.41) is 0.495. The number of halogens is 4. The van der Waals surface area contributed by atoms with Crippen LogP contribution in [0.25, 0.3) is 11.1 Å². The van der Waals surface area contributed by atoms with Crippen LogP contribution in [-0.4, -0.2) is 6.26 Å². The summed E-state index contributed by atoms with van der Waals surface area (Å²) in [5.41, 5.74) is 0.968. The Morgan fingerprint density at radius 2 is 1.74 bits per heavy atom. The molecule has 0 saturated carbocycles. The quantitative estimate of drug-likeness (QED) is 0.525. The predicted octanol–water partition coefficient (Wildman–Crippen LogP) is 5.45. The van der Waals surface area contributed by atoms with Crippen molar-refractivity contribution in [2.45, 2.75) is 11.8 Å². The smallest absolute Gasteiger partial charge is 0.194 e.